The van der Waals surface area contributed by atoms with Crippen LogP contribution in [0.5, 0.6) is 0 Å². The molecule has 1 aliphatic carbocycles. The second-order valence-electron chi connectivity index (χ2n) is 7.20. The lowest BCUT2D eigenvalue weighted by Gasteiger charge is -2.29. The van der Waals surface area contributed by atoms with Crippen molar-refractivity contribution in [3.8, 4) is 0 Å². The minimum atomic E-state index is -0.0487. The molecule has 26 heavy (non-hydrogen) atoms. The number of carbonyl (C=O) groups excluding carboxylic acids is 1. The first kappa shape index (κ1) is 15.4. The molecule has 0 unspecified atom stereocenters. The molecule has 1 amide bonds. The minimum Gasteiger partial charge on any atom is -0.363 e. The molecular formula is C18H21N7O. The van der Waals surface area contributed by atoms with Gasteiger partial charge >= 0.3 is 0 Å². The van der Waals surface area contributed by atoms with Crippen LogP contribution in [0.15, 0.2) is 30.7 Å². The Hall–Kier alpha value is -2.90. The van der Waals surface area contributed by atoms with Crippen molar-refractivity contribution in [3.63, 3.8) is 0 Å². The van der Waals surface area contributed by atoms with Crippen molar-refractivity contribution in [1.82, 2.24) is 29.3 Å². The molecule has 8 nitrogen and oxygen atoms in total. The highest BCUT2D eigenvalue weighted by molar-refractivity contribution is 5.82. The summed E-state index contributed by atoms with van der Waals surface area (Å²) in [7, 11) is 1.93. The molecule has 1 saturated carbocycles. The summed E-state index contributed by atoms with van der Waals surface area (Å²) in [5.74, 6) is 0.962. The molecule has 0 spiro atoms. The van der Waals surface area contributed by atoms with Gasteiger partial charge in [0.2, 0.25) is 5.91 Å². The molecule has 5 rings (SSSR count). The zero-order valence-electron chi connectivity index (χ0n) is 14.8. The van der Waals surface area contributed by atoms with Crippen LogP contribution < -0.4 is 5.32 Å². The number of nitrogens with one attached hydrogen (secondary N) is 1. The van der Waals surface area contributed by atoms with Crippen molar-refractivity contribution in [2.24, 2.45) is 7.05 Å². The van der Waals surface area contributed by atoms with Crippen molar-refractivity contribution in [2.75, 3.05) is 5.32 Å². The van der Waals surface area contributed by atoms with E-state index in [0.29, 0.717) is 12.5 Å². The van der Waals surface area contributed by atoms with Gasteiger partial charge in [-0.25, -0.2) is 9.50 Å². The molecule has 4 heterocycles. The lowest BCUT2D eigenvalue weighted by Crippen LogP contribution is -2.35. The van der Waals surface area contributed by atoms with Crippen LogP contribution >= 0.6 is 0 Å². The van der Waals surface area contributed by atoms with E-state index in [1.807, 2.05) is 41.5 Å². The van der Waals surface area contributed by atoms with E-state index in [1.165, 1.54) is 0 Å². The van der Waals surface area contributed by atoms with Gasteiger partial charge in [0.25, 0.3) is 0 Å². The summed E-state index contributed by atoms with van der Waals surface area (Å²) in [6.45, 7) is 1.96. The molecule has 2 aliphatic rings. The van der Waals surface area contributed by atoms with Crippen LogP contribution in [0.1, 0.15) is 36.7 Å². The third kappa shape index (κ3) is 2.36. The number of nitrogens with zero attached hydrogens (tertiary/aromatic N) is 6. The van der Waals surface area contributed by atoms with E-state index < -0.39 is 0 Å². The molecule has 2 atom stereocenters. The molecule has 2 fully saturated rings. The Labute approximate surface area is 150 Å². The predicted molar refractivity (Wildman–Crippen MR) is 95.6 cm³/mol. The monoisotopic (exact) mass is 351 g/mol. The fraction of sp³-hybridized carbons (Fsp3) is 0.444. The van der Waals surface area contributed by atoms with Crippen LogP contribution in [-0.4, -0.2) is 47.3 Å². The molecule has 0 radical (unpaired) electrons. The molecule has 3 aromatic rings. The number of anilines is 1. The average molecular weight is 351 g/mol. The molecular weight excluding hydrogens is 330 g/mol. The zero-order chi connectivity index (χ0) is 17.8. The maximum absolute atomic E-state index is 12.8. The van der Waals surface area contributed by atoms with Gasteiger partial charge in [0.1, 0.15) is 5.52 Å². The Morgan fingerprint density at radius 3 is 2.85 bits per heavy atom. The summed E-state index contributed by atoms with van der Waals surface area (Å²) >= 11 is 0. The fourth-order valence-corrected chi connectivity index (χ4v) is 4.02. The van der Waals surface area contributed by atoms with Crippen LogP contribution in [0.4, 0.5) is 5.82 Å². The zero-order valence-corrected chi connectivity index (χ0v) is 14.8. The molecule has 1 aliphatic heterocycles. The highest BCUT2D eigenvalue weighted by atomic mass is 16.2. The number of amides is 1. The Morgan fingerprint density at radius 1 is 1.27 bits per heavy atom. The summed E-state index contributed by atoms with van der Waals surface area (Å²) in [6, 6.07) is 4.28. The van der Waals surface area contributed by atoms with Gasteiger partial charge in [-0.1, -0.05) is 0 Å². The number of aryl methyl sites for hydroxylation is 2. The van der Waals surface area contributed by atoms with Crippen LogP contribution in [-0.2, 0) is 11.8 Å². The number of fused-ring (bicyclic) bond motifs is 1. The Morgan fingerprint density at radius 2 is 2.12 bits per heavy atom. The number of likely N-dealkylation sites (tertiary alicyclic amines) is 1. The normalized spacial score (nSPS) is 23.2. The Balaban J connectivity index is 1.54. The highest BCUT2D eigenvalue weighted by Gasteiger charge is 2.48. The first-order valence-electron chi connectivity index (χ1n) is 8.98. The van der Waals surface area contributed by atoms with E-state index in [9.17, 15) is 4.79 Å². The quantitative estimate of drug-likeness (QED) is 0.774. The predicted octanol–water partition coefficient (Wildman–Crippen LogP) is 1.69. The lowest BCUT2D eigenvalue weighted by atomic mass is 10.1. The van der Waals surface area contributed by atoms with Gasteiger partial charge in [-0.2, -0.15) is 10.2 Å². The summed E-state index contributed by atoms with van der Waals surface area (Å²) in [5, 5.41) is 12.3. The maximum Gasteiger partial charge on any atom is 0.225 e. The minimum absolute atomic E-state index is 0.0337. The third-order valence-corrected chi connectivity index (χ3v) is 5.30. The second kappa shape index (κ2) is 5.55. The topological polar surface area (TPSA) is 80.4 Å². The summed E-state index contributed by atoms with van der Waals surface area (Å²) in [6.07, 6.45) is 7.99. The largest absolute Gasteiger partial charge is 0.363 e. The molecule has 3 aromatic heterocycles. The van der Waals surface area contributed by atoms with E-state index in [-0.39, 0.29) is 18.0 Å². The van der Waals surface area contributed by atoms with Gasteiger partial charge in [0, 0.05) is 38.1 Å². The summed E-state index contributed by atoms with van der Waals surface area (Å²) in [4.78, 5) is 19.3. The summed E-state index contributed by atoms with van der Waals surface area (Å²) in [5.41, 5.74) is 2.91. The molecule has 8 heteroatoms. The van der Waals surface area contributed by atoms with Crippen molar-refractivity contribution in [1.29, 1.82) is 0 Å². The average Bonchev–Trinajstić information content (AvgIpc) is 3.10. The van der Waals surface area contributed by atoms with Crippen molar-refractivity contribution in [2.45, 2.75) is 44.3 Å². The first-order valence-corrected chi connectivity index (χ1v) is 8.98. The number of carbonyl (C=O) groups is 1. The second-order valence-corrected chi connectivity index (χ2v) is 7.20. The van der Waals surface area contributed by atoms with Crippen LogP contribution in [0.2, 0.25) is 0 Å². The van der Waals surface area contributed by atoms with Crippen LogP contribution in [0, 0.1) is 6.92 Å². The Kier molecular flexibility index (Phi) is 3.28. The standard InChI is InChI=1S/C18H21N7O/c1-11-9-15-18(19-7-8-24(15)22-11)21-13-10-16(26)25(12-3-4-12)17(13)14-5-6-20-23(14)2/h5-9,12-13,17H,3-4,10H2,1-2H3,(H,19,21)/t13-,17-/m1/s1. The molecule has 0 bridgehead atoms. The van der Waals surface area contributed by atoms with Gasteiger partial charge in [0.05, 0.1) is 23.5 Å². The van der Waals surface area contributed by atoms with Gasteiger partial charge in [-0.15, -0.1) is 0 Å². The number of hydrogen-bond acceptors (Lipinski definition) is 5. The van der Waals surface area contributed by atoms with E-state index in [4.69, 9.17) is 0 Å². The molecule has 134 valence electrons. The smallest absolute Gasteiger partial charge is 0.225 e. The van der Waals surface area contributed by atoms with Crippen molar-refractivity contribution in [3.05, 3.63) is 42.1 Å². The lowest BCUT2D eigenvalue weighted by molar-refractivity contribution is -0.129. The van der Waals surface area contributed by atoms with Crippen LogP contribution in [0.25, 0.3) is 5.52 Å². The van der Waals surface area contributed by atoms with E-state index in [2.05, 4.69) is 25.4 Å². The SMILES string of the molecule is Cc1cc2c(N[C@@H]3CC(=O)N(C4CC4)[C@H]3c3ccnn3C)nccn2n1. The number of rotatable bonds is 4. The van der Waals surface area contributed by atoms with Gasteiger partial charge < -0.3 is 10.2 Å². The highest BCUT2D eigenvalue weighted by Crippen LogP contribution is 2.42. The molecule has 0 aromatic carbocycles. The summed E-state index contributed by atoms with van der Waals surface area (Å²) < 4.78 is 3.68. The van der Waals surface area contributed by atoms with Gasteiger partial charge in [-0.05, 0) is 31.9 Å². The molecule has 1 N–H and O–H groups in total. The fourth-order valence-electron chi connectivity index (χ4n) is 4.02. The van der Waals surface area contributed by atoms with E-state index >= 15 is 0 Å². The van der Waals surface area contributed by atoms with Crippen LogP contribution in [0.3, 0.4) is 0 Å². The van der Waals surface area contributed by atoms with Crippen molar-refractivity contribution < 1.29 is 4.79 Å². The third-order valence-electron chi connectivity index (χ3n) is 5.30. The number of hydrogen-bond donors (Lipinski definition) is 1. The van der Waals surface area contributed by atoms with Gasteiger partial charge in [0.15, 0.2) is 5.82 Å². The van der Waals surface area contributed by atoms with E-state index in [0.717, 1.165) is 35.6 Å². The van der Waals surface area contributed by atoms with Crippen molar-refractivity contribution >= 4 is 17.2 Å². The molecule has 1 saturated heterocycles. The maximum atomic E-state index is 12.8. The van der Waals surface area contributed by atoms with Gasteiger partial charge in [-0.3, -0.25) is 9.48 Å². The Bertz CT molecular complexity index is 987. The van der Waals surface area contributed by atoms with E-state index in [1.54, 1.807) is 12.4 Å². The number of aromatic nitrogens is 5. The first-order chi connectivity index (χ1) is 12.6.